The van der Waals surface area contributed by atoms with Gasteiger partial charge in [0.2, 0.25) is 17.7 Å². The Morgan fingerprint density at radius 1 is 1.00 bits per heavy atom. The summed E-state index contributed by atoms with van der Waals surface area (Å²) >= 11 is 0. The fourth-order valence-electron chi connectivity index (χ4n) is 3.69. The average Bonchev–Trinajstić information content (AvgIpc) is 2.83. The summed E-state index contributed by atoms with van der Waals surface area (Å²) in [6.07, 6.45) is 0.390. The van der Waals surface area contributed by atoms with Crippen molar-refractivity contribution in [2.24, 2.45) is 5.41 Å². The molecule has 2 aromatic rings. The lowest BCUT2D eigenvalue weighted by atomic mass is 9.63. The number of nitro benzene ring substituents is 1. The number of imide groups is 1. The number of nitro groups is 1. The summed E-state index contributed by atoms with van der Waals surface area (Å²) < 4.78 is 10.1. The summed E-state index contributed by atoms with van der Waals surface area (Å²) in [5, 5.41) is 13.3. The molecule has 1 heterocycles. The first-order valence-corrected chi connectivity index (χ1v) is 11.6. The highest BCUT2D eigenvalue weighted by molar-refractivity contribution is 6.02. The van der Waals surface area contributed by atoms with E-state index in [0.29, 0.717) is 18.7 Å². The number of carbonyl (C=O) groups is 4. The Labute approximate surface area is 213 Å². The summed E-state index contributed by atoms with van der Waals surface area (Å²) in [7, 11) is 0. The van der Waals surface area contributed by atoms with Gasteiger partial charge in [0, 0.05) is 36.2 Å². The topological polar surface area (TPSA) is 145 Å². The molecule has 0 spiro atoms. The number of anilines is 1. The zero-order chi connectivity index (χ0) is 27.4. The third-order valence-electron chi connectivity index (χ3n) is 6.82. The van der Waals surface area contributed by atoms with E-state index in [1.807, 2.05) is 39.8 Å². The van der Waals surface area contributed by atoms with E-state index < -0.39 is 40.8 Å². The van der Waals surface area contributed by atoms with Crippen molar-refractivity contribution < 1.29 is 33.6 Å². The van der Waals surface area contributed by atoms with Gasteiger partial charge >= 0.3 is 5.97 Å². The first kappa shape index (κ1) is 27.5. The van der Waals surface area contributed by atoms with Crippen LogP contribution in [-0.4, -0.2) is 53.3 Å². The predicted molar refractivity (Wildman–Crippen MR) is 133 cm³/mol. The number of benzene rings is 2. The molecule has 3 rings (SSSR count). The van der Waals surface area contributed by atoms with Crippen molar-refractivity contribution in [3.05, 3.63) is 64.2 Å². The highest BCUT2D eigenvalue weighted by Crippen LogP contribution is 2.43. The number of hydrogen-bond donors (Lipinski definition) is 1. The Bertz CT molecular complexity index is 1200. The number of β-lactam (4-membered cyclic amide) rings is 1. The van der Waals surface area contributed by atoms with Crippen LogP contribution in [0.5, 0.6) is 5.75 Å². The molecule has 11 heteroatoms. The van der Waals surface area contributed by atoms with Crippen molar-refractivity contribution >= 4 is 35.1 Å². The molecule has 0 saturated carbocycles. The molecule has 0 unspecified atom stereocenters. The molecule has 0 aromatic heterocycles. The smallest absolute Gasteiger partial charge is 0.337 e. The van der Waals surface area contributed by atoms with Gasteiger partial charge in [-0.15, -0.1) is 0 Å². The van der Waals surface area contributed by atoms with Crippen LogP contribution in [0.1, 0.15) is 39.7 Å². The van der Waals surface area contributed by atoms with E-state index in [-0.39, 0.29) is 23.3 Å². The average molecular weight is 512 g/mol. The standard InChI is InChI=1S/C26H29N3O8/c1-25(2,26(3,4)24(33)28-14-13-22(28)31)17-5-7-18(8-6-17)27-21(30)15-36-16-23(32)37-20-11-9-19(10-12-20)29(34)35/h5-12H,13-16H2,1-4H3,(H,27,30). The lowest BCUT2D eigenvalue weighted by Gasteiger charge is -2.45. The molecule has 1 fully saturated rings. The van der Waals surface area contributed by atoms with E-state index in [0.717, 1.165) is 5.56 Å². The number of carbonyl (C=O) groups excluding carboxylic acids is 4. The summed E-state index contributed by atoms with van der Waals surface area (Å²) in [5.74, 6) is -1.50. The van der Waals surface area contributed by atoms with Crippen LogP contribution < -0.4 is 10.1 Å². The van der Waals surface area contributed by atoms with Crippen molar-refractivity contribution in [3.63, 3.8) is 0 Å². The molecule has 3 amide bonds. The second-order valence-corrected chi connectivity index (χ2v) is 9.69. The maximum Gasteiger partial charge on any atom is 0.337 e. The second kappa shape index (κ2) is 10.9. The molecule has 2 aromatic carbocycles. The van der Waals surface area contributed by atoms with Gasteiger partial charge in [-0.3, -0.25) is 29.4 Å². The number of esters is 1. The molecule has 1 aliphatic heterocycles. The second-order valence-electron chi connectivity index (χ2n) is 9.69. The van der Waals surface area contributed by atoms with Crippen LogP contribution in [0, 0.1) is 15.5 Å². The van der Waals surface area contributed by atoms with Crippen molar-refractivity contribution in [1.82, 2.24) is 4.90 Å². The number of amides is 3. The predicted octanol–water partition coefficient (Wildman–Crippen LogP) is 3.22. The van der Waals surface area contributed by atoms with Gasteiger partial charge in [-0.05, 0) is 29.8 Å². The third-order valence-corrected chi connectivity index (χ3v) is 6.82. The number of nitrogens with zero attached hydrogens (tertiary/aromatic N) is 2. The molecule has 0 atom stereocenters. The van der Waals surface area contributed by atoms with Crippen molar-refractivity contribution in [2.45, 2.75) is 39.5 Å². The summed E-state index contributed by atoms with van der Waals surface area (Å²) in [5.41, 5.74) is -0.212. The largest absolute Gasteiger partial charge is 0.425 e. The van der Waals surface area contributed by atoms with E-state index in [1.165, 1.54) is 29.2 Å². The van der Waals surface area contributed by atoms with Gasteiger partial charge < -0.3 is 14.8 Å². The highest BCUT2D eigenvalue weighted by atomic mass is 16.6. The number of rotatable bonds is 10. The molecule has 37 heavy (non-hydrogen) atoms. The third kappa shape index (κ3) is 6.18. The summed E-state index contributed by atoms with van der Waals surface area (Å²) in [4.78, 5) is 60.1. The van der Waals surface area contributed by atoms with E-state index in [2.05, 4.69) is 5.32 Å². The molecule has 0 bridgehead atoms. The van der Waals surface area contributed by atoms with Crippen LogP contribution >= 0.6 is 0 Å². The zero-order valence-electron chi connectivity index (χ0n) is 21.1. The van der Waals surface area contributed by atoms with Gasteiger partial charge in [0.1, 0.15) is 19.0 Å². The van der Waals surface area contributed by atoms with E-state index in [9.17, 15) is 29.3 Å². The molecule has 1 N–H and O–H groups in total. The minimum Gasteiger partial charge on any atom is -0.425 e. The van der Waals surface area contributed by atoms with E-state index in [1.54, 1.807) is 12.1 Å². The molecule has 0 aliphatic carbocycles. The Balaban J connectivity index is 1.48. The molecule has 11 nitrogen and oxygen atoms in total. The Morgan fingerprint density at radius 3 is 2.14 bits per heavy atom. The number of non-ortho nitro benzene ring substituents is 1. The quantitative estimate of drug-likeness (QED) is 0.168. The normalized spacial score (nSPS) is 13.5. The van der Waals surface area contributed by atoms with Gasteiger partial charge in [-0.25, -0.2) is 4.79 Å². The van der Waals surface area contributed by atoms with Crippen LogP contribution in [0.4, 0.5) is 11.4 Å². The van der Waals surface area contributed by atoms with Gasteiger partial charge in [0.05, 0.1) is 10.3 Å². The lowest BCUT2D eigenvalue weighted by Crippen LogP contribution is -2.57. The molecule has 1 saturated heterocycles. The first-order valence-electron chi connectivity index (χ1n) is 11.6. The Morgan fingerprint density at radius 2 is 1.62 bits per heavy atom. The maximum atomic E-state index is 13.0. The van der Waals surface area contributed by atoms with Crippen LogP contribution in [0.25, 0.3) is 0 Å². The van der Waals surface area contributed by atoms with E-state index >= 15 is 0 Å². The van der Waals surface area contributed by atoms with Crippen molar-refractivity contribution in [1.29, 1.82) is 0 Å². The van der Waals surface area contributed by atoms with Crippen LogP contribution in [0.2, 0.25) is 0 Å². The van der Waals surface area contributed by atoms with Gasteiger partial charge in [-0.2, -0.15) is 0 Å². The van der Waals surface area contributed by atoms with Gasteiger partial charge in [0.25, 0.3) is 5.69 Å². The monoisotopic (exact) mass is 511 g/mol. The van der Waals surface area contributed by atoms with Crippen molar-refractivity contribution in [3.8, 4) is 5.75 Å². The van der Waals surface area contributed by atoms with Gasteiger partial charge in [-0.1, -0.05) is 39.8 Å². The Hall–Kier alpha value is -4.12. The number of hydrogen-bond acceptors (Lipinski definition) is 8. The number of likely N-dealkylation sites (tertiary alicyclic amines) is 1. The lowest BCUT2D eigenvalue weighted by molar-refractivity contribution is -0.384. The molecular formula is C26H29N3O8. The molecule has 1 aliphatic rings. The number of ether oxygens (including phenoxy) is 2. The summed E-state index contributed by atoms with van der Waals surface area (Å²) in [6.45, 7) is 7.08. The maximum absolute atomic E-state index is 13.0. The summed E-state index contributed by atoms with van der Waals surface area (Å²) in [6, 6.07) is 12.0. The fraction of sp³-hybridized carbons (Fsp3) is 0.385. The first-order chi connectivity index (χ1) is 17.3. The fourth-order valence-corrected chi connectivity index (χ4v) is 3.69. The minimum absolute atomic E-state index is 0.119. The Kier molecular flexibility index (Phi) is 8.07. The van der Waals surface area contributed by atoms with Crippen molar-refractivity contribution in [2.75, 3.05) is 25.1 Å². The van der Waals surface area contributed by atoms with Crippen LogP contribution in [-0.2, 0) is 29.3 Å². The van der Waals surface area contributed by atoms with E-state index in [4.69, 9.17) is 9.47 Å². The zero-order valence-corrected chi connectivity index (χ0v) is 21.1. The van der Waals surface area contributed by atoms with Crippen LogP contribution in [0.3, 0.4) is 0 Å². The highest BCUT2D eigenvalue weighted by Gasteiger charge is 2.48. The SMILES string of the molecule is CC(C)(C(=O)N1CCC1=O)C(C)(C)c1ccc(NC(=O)COCC(=O)Oc2ccc([N+](=O)[O-])cc2)cc1. The van der Waals surface area contributed by atoms with Crippen LogP contribution in [0.15, 0.2) is 48.5 Å². The number of nitrogens with one attached hydrogen (secondary N) is 1. The molecule has 196 valence electrons. The van der Waals surface area contributed by atoms with Gasteiger partial charge in [0.15, 0.2) is 0 Å². The molecular weight excluding hydrogens is 482 g/mol. The minimum atomic E-state index is -0.842. The molecule has 0 radical (unpaired) electrons.